The van der Waals surface area contributed by atoms with Gasteiger partial charge in [-0.2, -0.15) is 0 Å². The van der Waals surface area contributed by atoms with Crippen molar-refractivity contribution in [2.45, 2.75) is 78.4 Å². The lowest BCUT2D eigenvalue weighted by atomic mass is 9.85. The highest BCUT2D eigenvalue weighted by atomic mass is 16.3. The number of aliphatic hydroxyl groups is 1. The largest absolute Gasteiger partial charge is 0.393 e. The first-order chi connectivity index (χ1) is 10.0. The Bertz CT molecular complexity index is 351. The topological polar surface area (TPSA) is 23.5 Å². The number of fused-ring (bicyclic) bond motifs is 1. The Hall–Kier alpha value is -0.340. The predicted molar refractivity (Wildman–Crippen MR) is 90.3 cm³/mol. The molecular formula is C19H35NO. The zero-order valence-corrected chi connectivity index (χ0v) is 14.5. The minimum absolute atomic E-state index is 0.120. The van der Waals surface area contributed by atoms with Gasteiger partial charge in [0, 0.05) is 12.6 Å². The number of hydrogen-bond donors (Lipinski definition) is 1. The maximum absolute atomic E-state index is 9.88. The fraction of sp³-hybridized carbons (Fsp3) is 0.895. The van der Waals surface area contributed by atoms with Crippen molar-refractivity contribution in [3.05, 3.63) is 11.6 Å². The molecule has 0 spiro atoms. The maximum atomic E-state index is 9.88. The minimum Gasteiger partial charge on any atom is -0.393 e. The van der Waals surface area contributed by atoms with Gasteiger partial charge in [-0.15, -0.1) is 0 Å². The van der Waals surface area contributed by atoms with E-state index in [2.05, 4.69) is 38.7 Å². The molecular weight excluding hydrogens is 258 g/mol. The van der Waals surface area contributed by atoms with Crippen LogP contribution in [0.4, 0.5) is 0 Å². The predicted octanol–water partition coefficient (Wildman–Crippen LogP) is 4.24. The Kier molecular flexibility index (Phi) is 6.31. The molecule has 0 aromatic rings. The highest BCUT2D eigenvalue weighted by molar-refractivity contribution is 5.13. The second-order valence-corrected chi connectivity index (χ2v) is 7.69. The van der Waals surface area contributed by atoms with Crippen molar-refractivity contribution in [2.24, 2.45) is 17.8 Å². The minimum atomic E-state index is -0.120. The molecule has 0 saturated carbocycles. The first-order valence-electron chi connectivity index (χ1n) is 9.13. The molecule has 5 atom stereocenters. The van der Waals surface area contributed by atoms with E-state index in [1.54, 1.807) is 5.57 Å². The fourth-order valence-electron chi connectivity index (χ4n) is 4.29. The fourth-order valence-corrected chi connectivity index (χ4v) is 4.29. The van der Waals surface area contributed by atoms with Crippen molar-refractivity contribution >= 4 is 0 Å². The number of rotatable bonds is 6. The van der Waals surface area contributed by atoms with Crippen LogP contribution < -0.4 is 0 Å². The van der Waals surface area contributed by atoms with Crippen LogP contribution in [0.5, 0.6) is 0 Å². The SMILES string of the molecule is CCC(O)C(C)CCC(C)/C=C1/CC(C)C2CCCN2C1. The van der Waals surface area contributed by atoms with E-state index in [0.717, 1.165) is 24.8 Å². The van der Waals surface area contributed by atoms with Crippen LogP contribution in [0.15, 0.2) is 11.6 Å². The molecule has 21 heavy (non-hydrogen) atoms. The molecule has 0 bridgehead atoms. The van der Waals surface area contributed by atoms with Crippen molar-refractivity contribution in [3.63, 3.8) is 0 Å². The quantitative estimate of drug-likeness (QED) is 0.740. The van der Waals surface area contributed by atoms with E-state index < -0.39 is 0 Å². The third-order valence-electron chi connectivity index (χ3n) is 5.73. The zero-order chi connectivity index (χ0) is 15.4. The first kappa shape index (κ1) is 17.0. The van der Waals surface area contributed by atoms with E-state index in [9.17, 15) is 5.11 Å². The summed E-state index contributed by atoms with van der Waals surface area (Å²) < 4.78 is 0. The first-order valence-corrected chi connectivity index (χ1v) is 9.13. The van der Waals surface area contributed by atoms with Gasteiger partial charge >= 0.3 is 0 Å². The second kappa shape index (κ2) is 7.78. The average molecular weight is 293 g/mol. The Morgan fingerprint density at radius 2 is 2.10 bits per heavy atom. The van der Waals surface area contributed by atoms with Gasteiger partial charge in [-0.1, -0.05) is 39.3 Å². The summed E-state index contributed by atoms with van der Waals surface area (Å²) in [6.45, 7) is 11.6. The van der Waals surface area contributed by atoms with Gasteiger partial charge in [0.25, 0.3) is 0 Å². The summed E-state index contributed by atoms with van der Waals surface area (Å²) in [6, 6.07) is 0.858. The number of aliphatic hydroxyl groups excluding tert-OH is 1. The number of piperidine rings is 1. The molecule has 0 radical (unpaired) electrons. The monoisotopic (exact) mass is 293 g/mol. The highest BCUT2D eigenvalue weighted by Crippen LogP contribution is 2.34. The van der Waals surface area contributed by atoms with Gasteiger partial charge in [-0.3, -0.25) is 4.90 Å². The van der Waals surface area contributed by atoms with Gasteiger partial charge in [0.1, 0.15) is 0 Å². The van der Waals surface area contributed by atoms with Gasteiger partial charge in [0.15, 0.2) is 0 Å². The Labute approximate surface area is 131 Å². The maximum Gasteiger partial charge on any atom is 0.0563 e. The lowest BCUT2D eigenvalue weighted by Crippen LogP contribution is -2.40. The van der Waals surface area contributed by atoms with E-state index in [1.807, 2.05) is 0 Å². The lowest BCUT2D eigenvalue weighted by molar-refractivity contribution is 0.105. The number of allylic oxidation sites excluding steroid dienone is 1. The Morgan fingerprint density at radius 3 is 2.81 bits per heavy atom. The van der Waals surface area contributed by atoms with Crippen LogP contribution in [0.2, 0.25) is 0 Å². The summed E-state index contributed by atoms with van der Waals surface area (Å²) in [7, 11) is 0. The van der Waals surface area contributed by atoms with Crippen molar-refractivity contribution in [3.8, 4) is 0 Å². The van der Waals surface area contributed by atoms with Crippen molar-refractivity contribution < 1.29 is 5.11 Å². The normalized spacial score (nSPS) is 32.9. The molecule has 122 valence electrons. The third-order valence-corrected chi connectivity index (χ3v) is 5.73. The molecule has 2 fully saturated rings. The molecule has 0 aromatic carbocycles. The van der Waals surface area contributed by atoms with Gasteiger partial charge in [-0.25, -0.2) is 0 Å². The molecule has 2 heterocycles. The van der Waals surface area contributed by atoms with Crippen LogP contribution in [0.3, 0.4) is 0 Å². The molecule has 2 saturated heterocycles. The molecule has 5 unspecified atom stereocenters. The average Bonchev–Trinajstić information content (AvgIpc) is 2.92. The van der Waals surface area contributed by atoms with E-state index in [4.69, 9.17) is 0 Å². The molecule has 2 nitrogen and oxygen atoms in total. The summed E-state index contributed by atoms with van der Waals surface area (Å²) >= 11 is 0. The Balaban J connectivity index is 1.82. The number of hydrogen-bond acceptors (Lipinski definition) is 2. The van der Waals surface area contributed by atoms with Crippen molar-refractivity contribution in [1.82, 2.24) is 4.90 Å². The molecule has 2 rings (SSSR count). The van der Waals surface area contributed by atoms with Crippen molar-refractivity contribution in [1.29, 1.82) is 0 Å². The smallest absolute Gasteiger partial charge is 0.0563 e. The zero-order valence-electron chi connectivity index (χ0n) is 14.5. The van der Waals surface area contributed by atoms with Gasteiger partial charge in [0.2, 0.25) is 0 Å². The molecule has 0 aromatic heterocycles. The second-order valence-electron chi connectivity index (χ2n) is 7.69. The summed E-state index contributed by atoms with van der Waals surface area (Å²) in [5, 5.41) is 9.88. The van der Waals surface area contributed by atoms with Crippen LogP contribution in [-0.2, 0) is 0 Å². The number of nitrogens with zero attached hydrogens (tertiary/aromatic N) is 1. The molecule has 0 aliphatic carbocycles. The van der Waals surface area contributed by atoms with Crippen LogP contribution in [0.25, 0.3) is 0 Å². The van der Waals surface area contributed by atoms with E-state index in [1.165, 1.54) is 38.8 Å². The van der Waals surface area contributed by atoms with Gasteiger partial charge < -0.3 is 5.11 Å². The standard InChI is InChI=1S/C19H35NO/c1-5-19(21)15(3)9-8-14(2)11-17-12-16(4)18-7-6-10-20(18)13-17/h11,14-16,18-19,21H,5-10,12-13H2,1-4H3/b17-11-. The van der Waals surface area contributed by atoms with Gasteiger partial charge in [-0.05, 0) is 62.8 Å². The summed E-state index contributed by atoms with van der Waals surface area (Å²) in [5.41, 5.74) is 1.66. The van der Waals surface area contributed by atoms with Crippen LogP contribution in [-0.4, -0.2) is 35.2 Å². The van der Waals surface area contributed by atoms with Crippen LogP contribution in [0, 0.1) is 17.8 Å². The Morgan fingerprint density at radius 1 is 1.33 bits per heavy atom. The summed E-state index contributed by atoms with van der Waals surface area (Å²) in [5.74, 6) is 1.92. The molecule has 1 N–H and O–H groups in total. The van der Waals surface area contributed by atoms with Crippen LogP contribution >= 0.6 is 0 Å². The highest BCUT2D eigenvalue weighted by Gasteiger charge is 2.33. The van der Waals surface area contributed by atoms with Crippen molar-refractivity contribution in [2.75, 3.05) is 13.1 Å². The summed E-state index contributed by atoms with van der Waals surface area (Å²) in [4.78, 5) is 2.70. The molecule has 2 heteroatoms. The van der Waals surface area contributed by atoms with Gasteiger partial charge in [0.05, 0.1) is 6.10 Å². The summed E-state index contributed by atoms with van der Waals surface area (Å²) in [6.07, 6.45) is 9.76. The van der Waals surface area contributed by atoms with E-state index in [-0.39, 0.29) is 6.10 Å². The third kappa shape index (κ3) is 4.56. The molecule has 0 amide bonds. The van der Waals surface area contributed by atoms with E-state index in [0.29, 0.717) is 11.8 Å². The van der Waals surface area contributed by atoms with Crippen LogP contribution in [0.1, 0.15) is 66.2 Å². The molecule has 2 aliphatic rings. The van der Waals surface area contributed by atoms with E-state index >= 15 is 0 Å². The lowest BCUT2D eigenvalue weighted by Gasteiger charge is -2.36. The molecule has 2 aliphatic heterocycles.